The maximum absolute atomic E-state index is 10.2. The van der Waals surface area contributed by atoms with Crippen molar-refractivity contribution in [2.24, 2.45) is 5.92 Å². The van der Waals surface area contributed by atoms with Gasteiger partial charge in [0.2, 0.25) is 0 Å². The predicted molar refractivity (Wildman–Crippen MR) is 66.6 cm³/mol. The molecule has 3 unspecified atom stereocenters. The molecule has 0 amide bonds. The Labute approximate surface area is 99.4 Å². The summed E-state index contributed by atoms with van der Waals surface area (Å²) in [4.78, 5) is 1.10. The molecule has 2 aromatic rings. The average molecular weight is 230 g/mol. The number of hydrogen-bond donors (Lipinski definition) is 1. The Morgan fingerprint density at radius 2 is 1.94 bits per heavy atom. The molecule has 0 saturated heterocycles. The maximum Gasteiger partial charge on any atom is 0.0916 e. The van der Waals surface area contributed by atoms with Crippen molar-refractivity contribution >= 4 is 11.3 Å². The fourth-order valence-corrected chi connectivity index (χ4v) is 3.10. The Balaban J connectivity index is 1.73. The molecule has 0 bridgehead atoms. The van der Waals surface area contributed by atoms with Crippen LogP contribution in [0.4, 0.5) is 0 Å². The first kappa shape index (κ1) is 10.1. The summed E-state index contributed by atoms with van der Waals surface area (Å²) in [6.07, 6.45) is 0.841. The first-order chi connectivity index (χ1) is 7.86. The smallest absolute Gasteiger partial charge is 0.0916 e. The van der Waals surface area contributed by atoms with Crippen LogP contribution in [-0.2, 0) is 0 Å². The monoisotopic (exact) mass is 230 g/mol. The largest absolute Gasteiger partial charge is 0.387 e. The lowest BCUT2D eigenvalue weighted by Crippen LogP contribution is -1.98. The molecule has 3 atom stereocenters. The predicted octanol–water partition coefficient (Wildman–Crippen LogP) is 3.59. The third-order valence-electron chi connectivity index (χ3n) is 3.31. The number of hydrogen-bond acceptors (Lipinski definition) is 2. The van der Waals surface area contributed by atoms with E-state index < -0.39 is 0 Å². The van der Waals surface area contributed by atoms with Crippen molar-refractivity contribution in [3.05, 3.63) is 58.3 Å². The first-order valence-corrected chi connectivity index (χ1v) is 6.50. The zero-order chi connectivity index (χ0) is 11.0. The summed E-state index contributed by atoms with van der Waals surface area (Å²) in [6, 6.07) is 14.5. The number of thiophene rings is 1. The lowest BCUT2D eigenvalue weighted by atomic mass is 10.1. The fourth-order valence-electron chi connectivity index (χ4n) is 2.32. The van der Waals surface area contributed by atoms with Crippen LogP contribution in [-0.4, -0.2) is 5.11 Å². The summed E-state index contributed by atoms with van der Waals surface area (Å²) in [5, 5.41) is 12.2. The van der Waals surface area contributed by atoms with Crippen LogP contribution in [0.5, 0.6) is 0 Å². The van der Waals surface area contributed by atoms with Gasteiger partial charge in [-0.05, 0) is 35.3 Å². The standard InChI is InChI=1S/C14H14OS/c15-14(13-7-4-8-16-13)12-9-11(12)10-5-2-1-3-6-10/h1-8,11-12,14-15H,9H2. The summed E-state index contributed by atoms with van der Waals surface area (Å²) < 4.78 is 0. The summed E-state index contributed by atoms with van der Waals surface area (Å²) in [7, 11) is 0. The first-order valence-electron chi connectivity index (χ1n) is 5.62. The molecule has 1 nitrogen and oxygen atoms in total. The molecule has 1 aromatic carbocycles. The van der Waals surface area contributed by atoms with Gasteiger partial charge in [0.1, 0.15) is 0 Å². The van der Waals surface area contributed by atoms with Gasteiger partial charge in [0.15, 0.2) is 0 Å². The Bertz CT molecular complexity index is 449. The summed E-state index contributed by atoms with van der Waals surface area (Å²) in [5.41, 5.74) is 1.36. The topological polar surface area (TPSA) is 20.2 Å². The van der Waals surface area contributed by atoms with Gasteiger partial charge in [0.05, 0.1) is 6.10 Å². The average Bonchev–Trinajstić information content (AvgIpc) is 2.95. The van der Waals surface area contributed by atoms with E-state index in [9.17, 15) is 5.11 Å². The fraction of sp³-hybridized carbons (Fsp3) is 0.286. The summed E-state index contributed by atoms with van der Waals surface area (Å²) >= 11 is 1.65. The molecule has 1 aliphatic carbocycles. The van der Waals surface area contributed by atoms with E-state index in [0.717, 1.165) is 11.3 Å². The molecule has 0 radical (unpaired) electrons. The van der Waals surface area contributed by atoms with Crippen molar-refractivity contribution in [2.75, 3.05) is 0 Å². The molecule has 2 heteroatoms. The van der Waals surface area contributed by atoms with Crippen LogP contribution in [0.3, 0.4) is 0 Å². The van der Waals surface area contributed by atoms with E-state index in [-0.39, 0.29) is 6.10 Å². The minimum absolute atomic E-state index is 0.273. The van der Waals surface area contributed by atoms with Crippen LogP contribution in [0.15, 0.2) is 47.8 Å². The van der Waals surface area contributed by atoms with Gasteiger partial charge < -0.3 is 5.11 Å². The highest BCUT2D eigenvalue weighted by Crippen LogP contribution is 2.54. The van der Waals surface area contributed by atoms with Crippen molar-refractivity contribution < 1.29 is 5.11 Å². The van der Waals surface area contributed by atoms with Crippen molar-refractivity contribution in [3.63, 3.8) is 0 Å². The summed E-state index contributed by atoms with van der Waals surface area (Å²) in [6.45, 7) is 0. The molecule has 1 aromatic heterocycles. The van der Waals surface area contributed by atoms with Gasteiger partial charge >= 0.3 is 0 Å². The second kappa shape index (κ2) is 4.04. The Morgan fingerprint density at radius 1 is 1.12 bits per heavy atom. The zero-order valence-corrected chi connectivity index (χ0v) is 9.73. The van der Waals surface area contributed by atoms with Crippen LogP contribution in [0, 0.1) is 5.92 Å². The highest BCUT2D eigenvalue weighted by molar-refractivity contribution is 7.10. The molecule has 16 heavy (non-hydrogen) atoms. The van der Waals surface area contributed by atoms with Gasteiger partial charge in [-0.1, -0.05) is 36.4 Å². The molecule has 0 aliphatic heterocycles. The zero-order valence-electron chi connectivity index (χ0n) is 8.91. The lowest BCUT2D eigenvalue weighted by molar-refractivity contribution is 0.155. The van der Waals surface area contributed by atoms with E-state index in [1.54, 1.807) is 11.3 Å². The Kier molecular flexibility index (Phi) is 2.54. The lowest BCUT2D eigenvalue weighted by Gasteiger charge is -2.07. The number of aliphatic hydroxyl groups is 1. The van der Waals surface area contributed by atoms with E-state index >= 15 is 0 Å². The van der Waals surface area contributed by atoms with Crippen LogP contribution >= 0.6 is 11.3 Å². The Morgan fingerprint density at radius 3 is 2.62 bits per heavy atom. The molecule has 1 saturated carbocycles. The van der Waals surface area contributed by atoms with Crippen molar-refractivity contribution in [2.45, 2.75) is 18.4 Å². The van der Waals surface area contributed by atoms with Gasteiger partial charge in [0.25, 0.3) is 0 Å². The van der Waals surface area contributed by atoms with Crippen LogP contribution in [0.1, 0.15) is 28.9 Å². The third-order valence-corrected chi connectivity index (χ3v) is 4.25. The van der Waals surface area contributed by atoms with E-state index in [0.29, 0.717) is 11.8 Å². The van der Waals surface area contributed by atoms with Crippen LogP contribution in [0.2, 0.25) is 0 Å². The molecule has 0 spiro atoms. The highest BCUT2D eigenvalue weighted by atomic mass is 32.1. The van der Waals surface area contributed by atoms with Gasteiger partial charge in [0, 0.05) is 4.88 Å². The van der Waals surface area contributed by atoms with E-state index in [1.807, 2.05) is 23.6 Å². The summed E-state index contributed by atoms with van der Waals surface area (Å²) in [5.74, 6) is 0.972. The van der Waals surface area contributed by atoms with Gasteiger partial charge in [-0.15, -0.1) is 11.3 Å². The molecule has 1 fully saturated rings. The Hall–Kier alpha value is -1.12. The molecule has 1 aliphatic rings. The second-order valence-electron chi connectivity index (χ2n) is 4.38. The number of aliphatic hydroxyl groups excluding tert-OH is 1. The van der Waals surface area contributed by atoms with E-state index in [4.69, 9.17) is 0 Å². The minimum atomic E-state index is -0.273. The van der Waals surface area contributed by atoms with E-state index in [2.05, 4.69) is 24.3 Å². The van der Waals surface area contributed by atoms with Crippen molar-refractivity contribution in [1.82, 2.24) is 0 Å². The van der Waals surface area contributed by atoms with Gasteiger partial charge in [-0.3, -0.25) is 0 Å². The number of rotatable bonds is 3. The second-order valence-corrected chi connectivity index (χ2v) is 5.36. The molecular formula is C14H14OS. The van der Waals surface area contributed by atoms with Gasteiger partial charge in [-0.25, -0.2) is 0 Å². The number of benzene rings is 1. The molecule has 82 valence electrons. The van der Waals surface area contributed by atoms with Crippen LogP contribution < -0.4 is 0 Å². The van der Waals surface area contributed by atoms with Crippen LogP contribution in [0.25, 0.3) is 0 Å². The highest BCUT2D eigenvalue weighted by Gasteiger charge is 2.43. The molecule has 3 rings (SSSR count). The quantitative estimate of drug-likeness (QED) is 0.854. The minimum Gasteiger partial charge on any atom is -0.387 e. The molecular weight excluding hydrogens is 216 g/mol. The van der Waals surface area contributed by atoms with E-state index in [1.165, 1.54) is 5.56 Å². The third kappa shape index (κ3) is 1.79. The molecule has 1 N–H and O–H groups in total. The van der Waals surface area contributed by atoms with Gasteiger partial charge in [-0.2, -0.15) is 0 Å². The normalized spacial score (nSPS) is 25.3. The maximum atomic E-state index is 10.2. The van der Waals surface area contributed by atoms with Crippen molar-refractivity contribution in [3.8, 4) is 0 Å². The SMILES string of the molecule is OC(c1cccs1)C1CC1c1ccccc1. The molecule has 1 heterocycles. The van der Waals surface area contributed by atoms with Crippen molar-refractivity contribution in [1.29, 1.82) is 0 Å².